The van der Waals surface area contributed by atoms with Crippen LogP contribution in [0.3, 0.4) is 0 Å². The second-order valence-corrected chi connectivity index (χ2v) is 5.21. The van der Waals surface area contributed by atoms with Crippen LogP contribution in [0, 0.1) is 0 Å². The minimum Gasteiger partial charge on any atom is -0.397 e. The highest BCUT2D eigenvalue weighted by atomic mass is 31.2. The van der Waals surface area contributed by atoms with Crippen LogP contribution in [-0.4, -0.2) is 31.4 Å². The summed E-state index contributed by atoms with van der Waals surface area (Å²) in [5.74, 6) is -6.74. The van der Waals surface area contributed by atoms with E-state index in [2.05, 4.69) is 18.3 Å². The molecular formula is C9H10F9O5P. The molecule has 0 N–H and O–H groups in total. The van der Waals surface area contributed by atoms with Crippen molar-refractivity contribution < 1.29 is 62.4 Å². The van der Waals surface area contributed by atoms with E-state index in [0.717, 1.165) is 13.8 Å². The molecule has 0 heterocycles. The Morgan fingerprint density at radius 2 is 1.29 bits per heavy atom. The number of alkyl halides is 6. The third kappa shape index (κ3) is 5.26. The predicted molar refractivity (Wildman–Crippen MR) is 58.2 cm³/mol. The van der Waals surface area contributed by atoms with E-state index in [9.17, 15) is 44.1 Å². The molecule has 144 valence electrons. The monoisotopic (exact) mass is 400 g/mol. The van der Waals surface area contributed by atoms with E-state index in [1.807, 2.05) is 0 Å². The van der Waals surface area contributed by atoms with Crippen LogP contribution in [-0.2, 0) is 22.9 Å². The SMILES string of the molecule is CCOP(=O)(OCC)OC(F)(F)C(F)(F)C(F)(F)OC(F)=C(F)F. The van der Waals surface area contributed by atoms with Crippen molar-refractivity contribution in [3.05, 3.63) is 12.1 Å². The van der Waals surface area contributed by atoms with Crippen LogP contribution >= 0.6 is 7.82 Å². The molecule has 0 aliphatic heterocycles. The minimum atomic E-state index is -6.74. The largest absolute Gasteiger partial charge is 0.479 e. The zero-order valence-corrected chi connectivity index (χ0v) is 12.7. The van der Waals surface area contributed by atoms with Crippen molar-refractivity contribution in [1.82, 2.24) is 0 Å². The molecule has 0 aromatic rings. The van der Waals surface area contributed by atoms with Crippen LogP contribution in [0.5, 0.6) is 0 Å². The maximum absolute atomic E-state index is 13.3. The lowest BCUT2D eigenvalue weighted by molar-refractivity contribution is -0.432. The Morgan fingerprint density at radius 1 is 0.875 bits per heavy atom. The molecule has 24 heavy (non-hydrogen) atoms. The summed E-state index contributed by atoms with van der Waals surface area (Å²) in [6.45, 7) is 0.757. The molecule has 0 aliphatic rings. The molecule has 0 spiro atoms. The van der Waals surface area contributed by atoms with Gasteiger partial charge in [0.15, 0.2) is 0 Å². The molecule has 0 saturated carbocycles. The summed E-state index contributed by atoms with van der Waals surface area (Å²) in [7, 11) is -5.43. The molecule has 0 aromatic carbocycles. The van der Waals surface area contributed by atoms with Crippen molar-refractivity contribution in [3.8, 4) is 0 Å². The normalized spacial score (nSPS) is 13.8. The molecule has 0 amide bonds. The lowest BCUT2D eigenvalue weighted by Gasteiger charge is -2.32. The lowest BCUT2D eigenvalue weighted by atomic mass is 10.3. The van der Waals surface area contributed by atoms with Gasteiger partial charge in [-0.05, 0) is 13.8 Å². The highest BCUT2D eigenvalue weighted by Gasteiger charge is 2.77. The summed E-state index contributed by atoms with van der Waals surface area (Å²) in [5, 5.41) is 0. The van der Waals surface area contributed by atoms with Gasteiger partial charge in [-0.1, -0.05) is 0 Å². The van der Waals surface area contributed by atoms with Crippen molar-refractivity contribution in [2.45, 2.75) is 32.0 Å². The van der Waals surface area contributed by atoms with Gasteiger partial charge in [-0.2, -0.15) is 39.5 Å². The van der Waals surface area contributed by atoms with E-state index in [4.69, 9.17) is 0 Å². The second-order valence-electron chi connectivity index (χ2n) is 3.62. The van der Waals surface area contributed by atoms with E-state index in [1.54, 1.807) is 0 Å². The summed E-state index contributed by atoms with van der Waals surface area (Å²) in [6, 6.07) is -3.52. The van der Waals surface area contributed by atoms with E-state index in [1.165, 1.54) is 0 Å². The van der Waals surface area contributed by atoms with Crippen LogP contribution in [0.4, 0.5) is 39.5 Å². The fourth-order valence-electron chi connectivity index (χ4n) is 0.989. The Kier molecular flexibility index (Phi) is 7.61. The first kappa shape index (κ1) is 23.0. The van der Waals surface area contributed by atoms with Gasteiger partial charge >= 0.3 is 38.1 Å². The number of hydrogen-bond donors (Lipinski definition) is 0. The average Bonchev–Trinajstić information content (AvgIpc) is 2.36. The molecule has 0 aromatic heterocycles. The minimum absolute atomic E-state index is 0.670. The zero-order valence-electron chi connectivity index (χ0n) is 11.8. The molecule has 15 heteroatoms. The van der Waals surface area contributed by atoms with Gasteiger partial charge < -0.3 is 4.74 Å². The Labute approximate surface area is 128 Å². The second kappa shape index (κ2) is 7.93. The molecule has 0 aliphatic carbocycles. The van der Waals surface area contributed by atoms with E-state index >= 15 is 0 Å². The van der Waals surface area contributed by atoms with Crippen molar-refractivity contribution >= 4 is 7.82 Å². The Hall–Kier alpha value is -0.980. The topological polar surface area (TPSA) is 54.0 Å². The highest BCUT2D eigenvalue weighted by Crippen LogP contribution is 2.59. The van der Waals surface area contributed by atoms with Gasteiger partial charge in [-0.3, -0.25) is 9.05 Å². The summed E-state index contributed by atoms with van der Waals surface area (Å²) in [6.07, 6.45) is -16.4. The standard InChI is InChI=1S/C9H10F9O5P/c1-3-20-24(19,21-4-2)23-9(17,18)7(13,14)8(15,16)22-6(12)5(10)11/h3-4H2,1-2H3. The van der Waals surface area contributed by atoms with Gasteiger partial charge in [-0.15, -0.1) is 0 Å². The average molecular weight is 400 g/mol. The van der Waals surface area contributed by atoms with Gasteiger partial charge in [0, 0.05) is 0 Å². The number of hydrogen-bond acceptors (Lipinski definition) is 5. The first-order valence-corrected chi connectivity index (χ1v) is 7.25. The molecule has 0 unspecified atom stereocenters. The molecule has 0 saturated heterocycles. The first-order chi connectivity index (χ1) is 10.7. The fourth-order valence-corrected chi connectivity index (χ4v) is 2.20. The number of halogens is 9. The van der Waals surface area contributed by atoms with Gasteiger partial charge in [-0.25, -0.2) is 9.09 Å². The van der Waals surface area contributed by atoms with Crippen LogP contribution in [0.25, 0.3) is 0 Å². The molecule has 0 radical (unpaired) electrons. The number of phosphoric ester groups is 1. The fraction of sp³-hybridized carbons (Fsp3) is 0.778. The third-order valence-electron chi connectivity index (χ3n) is 1.90. The predicted octanol–water partition coefficient (Wildman–Crippen LogP) is 5.06. The number of ether oxygens (including phenoxy) is 1. The molecule has 0 atom stereocenters. The maximum atomic E-state index is 13.3. The van der Waals surface area contributed by atoms with Crippen molar-refractivity contribution in [2.24, 2.45) is 0 Å². The van der Waals surface area contributed by atoms with E-state index < -0.39 is 51.3 Å². The summed E-state index contributed by atoms with van der Waals surface area (Å²) < 4.78 is 139. The highest BCUT2D eigenvalue weighted by molar-refractivity contribution is 7.48. The van der Waals surface area contributed by atoms with Crippen LogP contribution in [0.2, 0.25) is 0 Å². The first-order valence-electron chi connectivity index (χ1n) is 5.79. The smallest absolute Gasteiger partial charge is 0.397 e. The van der Waals surface area contributed by atoms with Gasteiger partial charge in [0.2, 0.25) is 0 Å². The summed E-state index contributed by atoms with van der Waals surface area (Å²) in [5.41, 5.74) is 0. The molecule has 0 rings (SSSR count). The summed E-state index contributed by atoms with van der Waals surface area (Å²) >= 11 is 0. The number of rotatable bonds is 10. The molecule has 5 nitrogen and oxygen atoms in total. The van der Waals surface area contributed by atoms with Crippen LogP contribution in [0.15, 0.2) is 12.1 Å². The van der Waals surface area contributed by atoms with E-state index in [-0.39, 0.29) is 0 Å². The van der Waals surface area contributed by atoms with E-state index in [0.29, 0.717) is 0 Å². The maximum Gasteiger partial charge on any atom is 0.479 e. The Balaban J connectivity index is 5.64. The molecule has 0 fully saturated rings. The number of phosphoric acid groups is 1. The van der Waals surface area contributed by atoms with Gasteiger partial charge in [0.25, 0.3) is 0 Å². The van der Waals surface area contributed by atoms with Gasteiger partial charge in [0.05, 0.1) is 13.2 Å². The summed E-state index contributed by atoms with van der Waals surface area (Å²) in [4.78, 5) is 0. The zero-order chi connectivity index (χ0) is 19.4. The van der Waals surface area contributed by atoms with Crippen LogP contribution < -0.4 is 0 Å². The Bertz CT molecular complexity index is 496. The van der Waals surface area contributed by atoms with Gasteiger partial charge in [0.1, 0.15) is 0 Å². The molecular weight excluding hydrogens is 390 g/mol. The third-order valence-corrected chi connectivity index (χ3v) is 3.50. The van der Waals surface area contributed by atoms with Crippen molar-refractivity contribution in [1.29, 1.82) is 0 Å². The Morgan fingerprint density at radius 3 is 1.62 bits per heavy atom. The molecule has 0 bridgehead atoms. The lowest BCUT2D eigenvalue weighted by Crippen LogP contribution is -2.56. The van der Waals surface area contributed by atoms with Crippen molar-refractivity contribution in [3.63, 3.8) is 0 Å². The van der Waals surface area contributed by atoms with Crippen molar-refractivity contribution in [2.75, 3.05) is 13.2 Å². The quantitative estimate of drug-likeness (QED) is 0.292. The van der Waals surface area contributed by atoms with Crippen LogP contribution in [0.1, 0.15) is 13.8 Å².